The Kier molecular flexibility index (Phi) is 8.34. The number of hydrazone groups is 1. The molecule has 2 aromatic carbocycles. The van der Waals surface area contributed by atoms with E-state index in [1.165, 1.54) is 35.4 Å². The van der Waals surface area contributed by atoms with Crippen LogP contribution in [0.2, 0.25) is 5.02 Å². The van der Waals surface area contributed by atoms with Gasteiger partial charge in [-0.2, -0.15) is 10.4 Å². The highest BCUT2D eigenvalue weighted by molar-refractivity contribution is 6.30. The Morgan fingerprint density at radius 3 is 2.81 bits per heavy atom. The number of nitrogens with one attached hydrogen (secondary N) is 2. The maximum absolute atomic E-state index is 14.1. The largest absolute Gasteiger partial charge is 0.573 e. The summed E-state index contributed by atoms with van der Waals surface area (Å²) < 4.78 is 60.6. The lowest BCUT2D eigenvalue weighted by Crippen LogP contribution is -2.45. The molecule has 9 nitrogen and oxygen atoms in total. The lowest BCUT2D eigenvalue weighted by Gasteiger charge is -2.17. The van der Waals surface area contributed by atoms with Crippen molar-refractivity contribution in [3.63, 3.8) is 0 Å². The zero-order valence-corrected chi connectivity index (χ0v) is 19.0. The van der Waals surface area contributed by atoms with Gasteiger partial charge >= 0.3 is 12.5 Å². The van der Waals surface area contributed by atoms with Crippen molar-refractivity contribution < 1.29 is 31.8 Å². The van der Waals surface area contributed by atoms with Gasteiger partial charge in [-0.1, -0.05) is 36.4 Å². The zero-order valence-electron chi connectivity index (χ0n) is 18.2. The van der Waals surface area contributed by atoms with Crippen LogP contribution in [0.3, 0.4) is 0 Å². The minimum absolute atomic E-state index is 0.00518. The maximum atomic E-state index is 14.1. The van der Waals surface area contributed by atoms with Gasteiger partial charge in [-0.15, -0.1) is 13.2 Å². The van der Waals surface area contributed by atoms with Gasteiger partial charge in [0.1, 0.15) is 18.2 Å². The van der Waals surface area contributed by atoms with Crippen LogP contribution >= 0.6 is 11.6 Å². The van der Waals surface area contributed by atoms with E-state index < -0.39 is 30.1 Å². The third-order valence-electron chi connectivity index (χ3n) is 4.45. The number of ether oxygens (including phenoxy) is 2. The lowest BCUT2D eigenvalue weighted by molar-refractivity contribution is -0.274. The number of nitriles is 1. The van der Waals surface area contributed by atoms with Crippen LogP contribution in [0, 0.1) is 17.3 Å². The van der Waals surface area contributed by atoms with Gasteiger partial charge in [-0.25, -0.2) is 19.2 Å². The minimum Gasteiger partial charge on any atom is -0.445 e. The SMILES string of the molecule is C=CCOC(=O)N[C@@H]1CN(C(=Nc2cccc(OC(F)(F)F)c2)NC#N)N=C1c1ccc(Cl)c(F)c1. The van der Waals surface area contributed by atoms with Crippen molar-refractivity contribution in [3.05, 3.63) is 71.5 Å². The van der Waals surface area contributed by atoms with Crippen LogP contribution < -0.4 is 15.4 Å². The molecule has 0 aromatic heterocycles. The van der Waals surface area contributed by atoms with Crippen LogP contribution in [0.4, 0.5) is 28.0 Å². The molecule has 0 unspecified atom stereocenters. The molecule has 3 rings (SSSR count). The van der Waals surface area contributed by atoms with Gasteiger partial charge in [0.15, 0.2) is 6.19 Å². The Morgan fingerprint density at radius 2 is 2.14 bits per heavy atom. The molecule has 0 aliphatic carbocycles. The second-order valence-corrected chi connectivity index (χ2v) is 7.40. The molecule has 1 aliphatic rings. The Morgan fingerprint density at radius 1 is 1.36 bits per heavy atom. The smallest absolute Gasteiger partial charge is 0.445 e. The van der Waals surface area contributed by atoms with E-state index in [2.05, 4.69) is 32.0 Å². The molecule has 0 bridgehead atoms. The minimum atomic E-state index is -4.91. The number of benzene rings is 2. The first-order valence-electron chi connectivity index (χ1n) is 10.0. The van der Waals surface area contributed by atoms with Crippen molar-refractivity contribution in [3.8, 4) is 11.9 Å². The number of halogens is 5. The van der Waals surface area contributed by atoms with Crippen LogP contribution in [0.25, 0.3) is 0 Å². The standard InChI is InChI=1S/C22H17ClF4N6O3/c1-2-8-35-21(34)31-18-11-33(32-19(18)13-6-7-16(23)17(24)9-13)20(29-12-28)30-14-4-3-5-15(10-14)36-22(25,26)27/h2-7,9-10,18H,1,8,11H2,(H,29,30)(H,31,34)/t18-/m1/s1. The lowest BCUT2D eigenvalue weighted by atomic mass is 10.0. The van der Waals surface area contributed by atoms with E-state index in [1.54, 1.807) is 6.19 Å². The molecule has 0 spiro atoms. The summed E-state index contributed by atoms with van der Waals surface area (Å²) in [5.74, 6) is -1.43. The van der Waals surface area contributed by atoms with Crippen LogP contribution in [0.15, 0.2) is 65.2 Å². The maximum Gasteiger partial charge on any atom is 0.573 e. The Labute approximate surface area is 207 Å². The summed E-state index contributed by atoms with van der Waals surface area (Å²) in [6.45, 7) is 3.29. The predicted octanol–water partition coefficient (Wildman–Crippen LogP) is 4.44. The number of aliphatic imine (C=N–C) groups is 1. The zero-order chi connectivity index (χ0) is 26.3. The Bertz CT molecular complexity index is 1250. The van der Waals surface area contributed by atoms with Gasteiger partial charge in [0.05, 0.1) is 29.0 Å². The van der Waals surface area contributed by atoms with Gasteiger partial charge in [-0.3, -0.25) is 5.32 Å². The van der Waals surface area contributed by atoms with Crippen LogP contribution in [0.5, 0.6) is 5.75 Å². The van der Waals surface area contributed by atoms with Gasteiger partial charge in [0.2, 0.25) is 5.96 Å². The van der Waals surface area contributed by atoms with Crippen LogP contribution in [-0.2, 0) is 4.74 Å². The fraction of sp³-hybridized carbons (Fsp3) is 0.182. The molecule has 14 heteroatoms. The first-order chi connectivity index (χ1) is 17.1. The summed E-state index contributed by atoms with van der Waals surface area (Å²) in [7, 11) is 0. The number of hydrogen-bond acceptors (Lipinski definition) is 6. The molecule has 0 saturated heterocycles. The molecule has 36 heavy (non-hydrogen) atoms. The van der Waals surface area contributed by atoms with E-state index >= 15 is 0 Å². The number of carbonyl (C=O) groups is 1. The van der Waals surface area contributed by atoms with Gasteiger partial charge in [0.25, 0.3) is 0 Å². The first-order valence-corrected chi connectivity index (χ1v) is 10.4. The average molecular weight is 525 g/mol. The summed E-state index contributed by atoms with van der Waals surface area (Å²) in [5.41, 5.74) is 0.457. The van der Waals surface area contributed by atoms with Crippen molar-refractivity contribution in [2.24, 2.45) is 10.1 Å². The molecule has 0 saturated carbocycles. The summed E-state index contributed by atoms with van der Waals surface area (Å²) >= 11 is 5.76. The normalized spacial score (nSPS) is 15.6. The molecule has 1 aliphatic heterocycles. The highest BCUT2D eigenvalue weighted by atomic mass is 35.5. The number of alkyl carbamates (subject to hydrolysis) is 1. The van der Waals surface area contributed by atoms with E-state index in [1.807, 2.05) is 0 Å². The van der Waals surface area contributed by atoms with Crippen molar-refractivity contribution >= 4 is 35.1 Å². The van der Waals surface area contributed by atoms with Gasteiger partial charge in [0, 0.05) is 11.6 Å². The van der Waals surface area contributed by atoms with Crippen LogP contribution in [0.1, 0.15) is 5.56 Å². The highest BCUT2D eigenvalue weighted by Crippen LogP contribution is 2.27. The third kappa shape index (κ3) is 7.09. The highest BCUT2D eigenvalue weighted by Gasteiger charge is 2.33. The van der Waals surface area contributed by atoms with Crippen molar-refractivity contribution in [2.75, 3.05) is 13.2 Å². The average Bonchev–Trinajstić information content (AvgIpc) is 3.22. The number of nitrogens with zero attached hydrogens (tertiary/aromatic N) is 4. The van der Waals surface area contributed by atoms with Crippen molar-refractivity contribution in [1.82, 2.24) is 15.6 Å². The molecule has 0 fully saturated rings. The van der Waals surface area contributed by atoms with Gasteiger partial charge < -0.3 is 14.8 Å². The molecule has 1 heterocycles. The number of hydrogen-bond donors (Lipinski definition) is 2. The van der Waals surface area contributed by atoms with Gasteiger partial charge in [-0.05, 0) is 24.3 Å². The Balaban J connectivity index is 1.96. The molecule has 1 atom stereocenters. The fourth-order valence-electron chi connectivity index (χ4n) is 3.05. The molecule has 0 radical (unpaired) electrons. The second-order valence-electron chi connectivity index (χ2n) is 7.00. The first kappa shape index (κ1) is 26.3. The summed E-state index contributed by atoms with van der Waals surface area (Å²) in [6.07, 6.45) is -2.69. The number of alkyl halides is 3. The van der Waals surface area contributed by atoms with Crippen molar-refractivity contribution in [2.45, 2.75) is 12.4 Å². The fourth-order valence-corrected chi connectivity index (χ4v) is 3.17. The summed E-state index contributed by atoms with van der Waals surface area (Å²) in [5, 5.41) is 19.5. The molecule has 1 amide bonds. The third-order valence-corrected chi connectivity index (χ3v) is 4.76. The summed E-state index contributed by atoms with van der Waals surface area (Å²) in [6, 6.07) is 7.78. The molecule has 2 aromatic rings. The molecular weight excluding hydrogens is 508 g/mol. The van der Waals surface area contributed by atoms with E-state index in [4.69, 9.17) is 16.3 Å². The Hall–Kier alpha value is -4.31. The molecular formula is C22H17ClF4N6O3. The van der Waals surface area contributed by atoms with Crippen molar-refractivity contribution in [1.29, 1.82) is 5.26 Å². The van der Waals surface area contributed by atoms with Crippen LogP contribution in [-0.4, -0.2) is 48.3 Å². The number of guanidine groups is 1. The molecule has 188 valence electrons. The number of rotatable bonds is 6. The second kappa shape index (κ2) is 11.4. The van der Waals surface area contributed by atoms with E-state index in [9.17, 15) is 27.6 Å². The molecule has 2 N–H and O–H groups in total. The van der Waals surface area contributed by atoms with E-state index in [0.717, 1.165) is 18.2 Å². The topological polar surface area (TPSA) is 111 Å². The monoisotopic (exact) mass is 524 g/mol. The predicted molar refractivity (Wildman–Crippen MR) is 122 cm³/mol. The summed E-state index contributed by atoms with van der Waals surface area (Å²) in [4.78, 5) is 16.3. The number of amides is 1. The van der Waals surface area contributed by atoms with E-state index in [0.29, 0.717) is 0 Å². The quantitative estimate of drug-likeness (QED) is 0.144. The van der Waals surface area contributed by atoms with E-state index in [-0.39, 0.29) is 41.1 Å². The number of carbonyl (C=O) groups excluding carboxylic acids is 1.